The summed E-state index contributed by atoms with van der Waals surface area (Å²) in [7, 11) is 1.49. The van der Waals surface area contributed by atoms with Crippen LogP contribution in [-0.4, -0.2) is 74.9 Å². The summed E-state index contributed by atoms with van der Waals surface area (Å²) >= 11 is 0. The highest BCUT2D eigenvalue weighted by atomic mass is 31.2. The van der Waals surface area contributed by atoms with Gasteiger partial charge in [0.2, 0.25) is 0 Å². The van der Waals surface area contributed by atoms with Crippen LogP contribution in [-0.2, 0) is 32.7 Å². The lowest BCUT2D eigenvalue weighted by molar-refractivity contribution is -0.870. The van der Waals surface area contributed by atoms with Crippen molar-refractivity contribution in [1.82, 2.24) is 0 Å². The fourth-order valence-electron chi connectivity index (χ4n) is 8.90. The van der Waals surface area contributed by atoms with Gasteiger partial charge in [0.15, 0.2) is 6.10 Å². The molecule has 0 heterocycles. The van der Waals surface area contributed by atoms with Crippen molar-refractivity contribution in [3.63, 3.8) is 0 Å². The molecule has 0 spiro atoms. The smallest absolute Gasteiger partial charge is 0.462 e. The Morgan fingerprint density at radius 2 is 0.739 bits per heavy atom. The van der Waals surface area contributed by atoms with Crippen LogP contribution in [0.1, 0.15) is 303 Å². The number of hydrogen-bond donors (Lipinski definition) is 1. The van der Waals surface area contributed by atoms with E-state index in [1.165, 1.54) is 231 Å². The van der Waals surface area contributed by atoms with Gasteiger partial charge in [-0.3, -0.25) is 18.6 Å². The second kappa shape index (κ2) is 51.6. The van der Waals surface area contributed by atoms with Crippen molar-refractivity contribution in [1.29, 1.82) is 0 Å². The maximum atomic E-state index is 12.7. The molecule has 0 amide bonds. The Hall–Kier alpha value is -1.25. The van der Waals surface area contributed by atoms with Crippen molar-refractivity contribution in [3.05, 3.63) is 12.2 Å². The lowest BCUT2D eigenvalue weighted by Gasteiger charge is -2.24. The van der Waals surface area contributed by atoms with Gasteiger partial charge in [-0.1, -0.05) is 264 Å². The zero-order valence-corrected chi connectivity index (χ0v) is 47.5. The third kappa shape index (κ3) is 55.9. The molecule has 9 nitrogen and oxygen atoms in total. The predicted octanol–water partition coefficient (Wildman–Crippen LogP) is 18.4. The summed E-state index contributed by atoms with van der Waals surface area (Å²) in [5, 5.41) is 0. The van der Waals surface area contributed by atoms with Crippen molar-refractivity contribution in [2.75, 3.05) is 47.5 Å². The van der Waals surface area contributed by atoms with Crippen LogP contribution in [0.25, 0.3) is 0 Å². The van der Waals surface area contributed by atoms with E-state index >= 15 is 0 Å². The molecular formula is C59H117NO8P+. The first-order valence-electron chi connectivity index (χ1n) is 29.9. The molecule has 0 aromatic heterocycles. The Morgan fingerprint density at radius 3 is 1.07 bits per heavy atom. The second-order valence-corrected chi connectivity index (χ2v) is 23.2. The van der Waals surface area contributed by atoms with E-state index in [-0.39, 0.29) is 25.6 Å². The number of hydrogen-bond acceptors (Lipinski definition) is 7. The molecule has 1 N–H and O–H groups in total. The lowest BCUT2D eigenvalue weighted by atomic mass is 10.0. The number of nitrogens with zero attached hydrogens (tertiary/aromatic N) is 1. The van der Waals surface area contributed by atoms with E-state index in [1.807, 2.05) is 21.1 Å². The Labute approximate surface area is 428 Å². The summed E-state index contributed by atoms with van der Waals surface area (Å²) < 4.78 is 34.3. The number of ether oxygens (including phenoxy) is 2. The van der Waals surface area contributed by atoms with Crippen LogP contribution in [0.2, 0.25) is 0 Å². The van der Waals surface area contributed by atoms with Gasteiger partial charge >= 0.3 is 19.8 Å². The number of phosphoric acid groups is 1. The van der Waals surface area contributed by atoms with Crippen LogP contribution in [0.5, 0.6) is 0 Å². The van der Waals surface area contributed by atoms with E-state index in [9.17, 15) is 19.0 Å². The molecule has 2 atom stereocenters. The third-order valence-corrected chi connectivity index (χ3v) is 14.5. The van der Waals surface area contributed by atoms with Crippen LogP contribution in [0.3, 0.4) is 0 Å². The van der Waals surface area contributed by atoms with Gasteiger partial charge < -0.3 is 18.9 Å². The largest absolute Gasteiger partial charge is 0.472 e. The number of phosphoric ester groups is 1. The monoisotopic (exact) mass is 999 g/mol. The highest BCUT2D eigenvalue weighted by Gasteiger charge is 2.27. The molecule has 0 aliphatic heterocycles. The normalized spacial score (nSPS) is 13.3. The molecule has 0 fully saturated rings. The minimum atomic E-state index is -4.36. The van der Waals surface area contributed by atoms with Gasteiger partial charge in [-0.25, -0.2) is 4.57 Å². The second-order valence-electron chi connectivity index (χ2n) is 21.7. The molecule has 0 aromatic carbocycles. The molecular weight excluding hydrogens is 882 g/mol. The van der Waals surface area contributed by atoms with Crippen molar-refractivity contribution < 1.29 is 42.1 Å². The van der Waals surface area contributed by atoms with E-state index in [0.29, 0.717) is 17.4 Å². The minimum absolute atomic E-state index is 0.0358. The molecule has 0 rings (SSSR count). The Morgan fingerprint density at radius 1 is 0.435 bits per heavy atom. The molecule has 10 heteroatoms. The zero-order chi connectivity index (χ0) is 50.6. The SMILES string of the molecule is CCCCCCCCCC/C=C\CCCCCCCCCCCCCCCCCCCCCCCCCCCCCC(=O)OC(COC(=O)CCCCCCCC)COP(=O)(O)OCC[N+](C)(C)C. The van der Waals surface area contributed by atoms with E-state index in [1.54, 1.807) is 0 Å². The number of likely N-dealkylation sites (N-methyl/N-ethyl adjacent to an activating group) is 1. The highest BCUT2D eigenvalue weighted by molar-refractivity contribution is 7.47. The van der Waals surface area contributed by atoms with Gasteiger partial charge in [0.05, 0.1) is 27.7 Å². The average molecular weight is 1000 g/mol. The maximum Gasteiger partial charge on any atom is 0.472 e. The summed E-state index contributed by atoms with van der Waals surface area (Å²) in [6.07, 6.45) is 60.9. The van der Waals surface area contributed by atoms with E-state index < -0.39 is 26.5 Å². The van der Waals surface area contributed by atoms with E-state index in [0.717, 1.165) is 44.9 Å². The summed E-state index contributed by atoms with van der Waals surface area (Å²) in [5.41, 5.74) is 0. The van der Waals surface area contributed by atoms with Crippen LogP contribution >= 0.6 is 7.82 Å². The quantitative estimate of drug-likeness (QED) is 0.0211. The molecule has 0 radical (unpaired) electrons. The number of carbonyl (C=O) groups excluding carboxylic acids is 2. The number of carbonyl (C=O) groups is 2. The highest BCUT2D eigenvalue weighted by Crippen LogP contribution is 2.43. The van der Waals surface area contributed by atoms with Crippen LogP contribution < -0.4 is 0 Å². The van der Waals surface area contributed by atoms with Gasteiger partial charge in [0.1, 0.15) is 19.8 Å². The lowest BCUT2D eigenvalue weighted by Crippen LogP contribution is -2.37. The topological polar surface area (TPSA) is 108 Å². The summed E-state index contributed by atoms with van der Waals surface area (Å²) in [6, 6.07) is 0. The first-order valence-corrected chi connectivity index (χ1v) is 31.4. The van der Waals surface area contributed by atoms with E-state index in [4.69, 9.17) is 18.5 Å². The van der Waals surface area contributed by atoms with Gasteiger partial charge in [0, 0.05) is 12.8 Å². The van der Waals surface area contributed by atoms with Crippen molar-refractivity contribution in [2.24, 2.45) is 0 Å². The van der Waals surface area contributed by atoms with Crippen molar-refractivity contribution in [3.8, 4) is 0 Å². The van der Waals surface area contributed by atoms with E-state index in [2.05, 4.69) is 26.0 Å². The molecule has 0 saturated carbocycles. The minimum Gasteiger partial charge on any atom is -0.462 e. The van der Waals surface area contributed by atoms with Crippen molar-refractivity contribution in [2.45, 2.75) is 309 Å². The van der Waals surface area contributed by atoms with Gasteiger partial charge in [0.25, 0.3) is 0 Å². The number of quaternary nitrogens is 1. The number of unbranched alkanes of at least 4 members (excludes halogenated alkanes) is 40. The number of esters is 2. The number of rotatable bonds is 56. The molecule has 2 unspecified atom stereocenters. The molecule has 69 heavy (non-hydrogen) atoms. The van der Waals surface area contributed by atoms with Gasteiger partial charge in [-0.15, -0.1) is 0 Å². The molecule has 0 saturated heterocycles. The van der Waals surface area contributed by atoms with Crippen LogP contribution in [0.15, 0.2) is 12.2 Å². The summed E-state index contributed by atoms with van der Waals surface area (Å²) in [5.74, 6) is -0.793. The molecule has 0 bridgehead atoms. The summed E-state index contributed by atoms with van der Waals surface area (Å²) in [6.45, 7) is 4.40. The summed E-state index contributed by atoms with van der Waals surface area (Å²) in [4.78, 5) is 35.2. The first-order chi connectivity index (χ1) is 33.5. The van der Waals surface area contributed by atoms with Gasteiger partial charge in [-0.2, -0.15) is 0 Å². The van der Waals surface area contributed by atoms with Crippen LogP contribution in [0, 0.1) is 0 Å². The zero-order valence-electron chi connectivity index (χ0n) is 46.6. The molecule has 0 aromatic rings. The fourth-order valence-corrected chi connectivity index (χ4v) is 9.64. The predicted molar refractivity (Wildman–Crippen MR) is 294 cm³/mol. The number of allylic oxidation sites excluding steroid dienone is 2. The Kier molecular flexibility index (Phi) is 50.7. The maximum absolute atomic E-state index is 12.7. The fraction of sp³-hybridized carbons (Fsp3) is 0.932. The molecule has 0 aliphatic rings. The molecule has 0 aliphatic carbocycles. The Bertz CT molecular complexity index is 1180. The Balaban J connectivity index is 3.71. The van der Waals surface area contributed by atoms with Gasteiger partial charge in [-0.05, 0) is 38.5 Å². The van der Waals surface area contributed by atoms with Crippen molar-refractivity contribution >= 4 is 19.8 Å². The molecule has 410 valence electrons. The first kappa shape index (κ1) is 67.8. The third-order valence-electron chi connectivity index (χ3n) is 13.5. The average Bonchev–Trinajstić information content (AvgIpc) is 3.31. The van der Waals surface area contributed by atoms with Crippen LogP contribution in [0.4, 0.5) is 0 Å². The standard InChI is InChI=1S/C59H116NO8P/c1-6-8-10-12-14-15-16-17-18-19-20-21-22-23-24-25-26-27-28-29-30-31-32-33-34-35-36-37-38-39-40-41-42-43-44-45-46-48-50-52-59(62)68-57(55-65-58(61)51-49-47-13-11-9-7-2)56-67-69(63,64)66-54-53-60(3,4)5/h19-20,57H,6-18,21-56H2,1-5H3/p+1/b20-19-.